The molecule has 2 nitrogen and oxygen atoms in total. The lowest BCUT2D eigenvalue weighted by molar-refractivity contribution is 1.02. The van der Waals surface area contributed by atoms with E-state index in [1.54, 1.807) is 0 Å². The molecule has 0 aliphatic heterocycles. The quantitative estimate of drug-likeness (QED) is 0.413. The van der Waals surface area contributed by atoms with Crippen LogP contribution < -0.4 is 5.73 Å². The van der Waals surface area contributed by atoms with Gasteiger partial charge in [-0.3, -0.25) is 0 Å². The Hall–Kier alpha value is -1.23. The fraction of sp³-hybridized carbons (Fsp3) is 0.0769. The minimum absolute atomic E-state index is 0.852. The molecule has 3 heteroatoms. The summed E-state index contributed by atoms with van der Waals surface area (Å²) in [6.07, 6.45) is 0. The van der Waals surface area contributed by atoms with Crippen molar-refractivity contribution < 1.29 is 0 Å². The van der Waals surface area contributed by atoms with E-state index in [0.717, 1.165) is 15.8 Å². The van der Waals surface area contributed by atoms with Gasteiger partial charge in [-0.25, -0.2) is 0 Å². The van der Waals surface area contributed by atoms with Crippen LogP contribution in [0.15, 0.2) is 42.5 Å². The second-order valence-corrected chi connectivity index (χ2v) is 4.49. The van der Waals surface area contributed by atoms with Crippen LogP contribution in [0.2, 0.25) is 0 Å². The zero-order valence-electron chi connectivity index (χ0n) is 8.65. The van der Waals surface area contributed by atoms with Gasteiger partial charge in [0.25, 0.3) is 0 Å². The lowest BCUT2D eigenvalue weighted by Gasteiger charge is -2.03. The summed E-state index contributed by atoms with van der Waals surface area (Å²) in [7, 11) is 0. The highest BCUT2D eigenvalue weighted by atomic mass is 127. The lowest BCUT2D eigenvalue weighted by Crippen LogP contribution is -1.94. The summed E-state index contributed by atoms with van der Waals surface area (Å²) in [5.74, 6) is 0. The van der Waals surface area contributed by atoms with Gasteiger partial charge in [-0.2, -0.15) is 0 Å². The van der Waals surface area contributed by atoms with Crippen LogP contribution in [0.4, 0.5) is 5.69 Å². The number of para-hydroxylation sites is 2. The molecule has 0 atom stereocenters. The molecule has 0 spiro atoms. The summed E-state index contributed by atoms with van der Waals surface area (Å²) in [5, 5.41) is 2.52. The number of anilines is 1. The minimum Gasteiger partial charge on any atom is -0.397 e. The van der Waals surface area contributed by atoms with E-state index < -0.39 is 0 Å². The molecule has 0 amide bonds. The van der Waals surface area contributed by atoms with E-state index in [1.807, 2.05) is 12.1 Å². The minimum atomic E-state index is 0.852. The molecule has 0 saturated heterocycles. The first-order chi connectivity index (χ1) is 7.83. The highest BCUT2D eigenvalue weighted by Gasteiger charge is 2.10. The Morgan fingerprint density at radius 1 is 1.00 bits per heavy atom. The van der Waals surface area contributed by atoms with Crippen LogP contribution in [0.3, 0.4) is 0 Å². The average Bonchev–Trinajstić information content (AvgIpc) is 2.65. The molecule has 0 aliphatic carbocycles. The number of nitrogens with zero attached hydrogens (tertiary/aromatic N) is 1. The van der Waals surface area contributed by atoms with Gasteiger partial charge in [0.2, 0.25) is 0 Å². The summed E-state index contributed by atoms with van der Waals surface area (Å²) in [5.41, 5.74) is 9.33. The molecule has 0 radical (unpaired) electrons. The highest BCUT2D eigenvalue weighted by molar-refractivity contribution is 14.1. The number of alkyl halides is 1. The first-order valence-corrected chi connectivity index (χ1v) is 6.67. The Labute approximate surface area is 107 Å². The maximum atomic E-state index is 6.07. The van der Waals surface area contributed by atoms with Gasteiger partial charge in [0.05, 0.1) is 15.8 Å². The van der Waals surface area contributed by atoms with Crippen molar-refractivity contribution in [3.63, 3.8) is 0 Å². The predicted molar refractivity (Wildman–Crippen MR) is 77.9 cm³/mol. The molecule has 3 rings (SSSR count). The molecule has 0 fully saturated rings. The maximum Gasteiger partial charge on any atom is 0.0749 e. The van der Waals surface area contributed by atoms with Crippen molar-refractivity contribution >= 4 is 50.1 Å². The number of halogens is 1. The molecule has 0 aliphatic rings. The van der Waals surface area contributed by atoms with Crippen LogP contribution in [0.1, 0.15) is 0 Å². The van der Waals surface area contributed by atoms with Gasteiger partial charge < -0.3 is 10.3 Å². The Morgan fingerprint density at radius 3 is 2.56 bits per heavy atom. The summed E-state index contributed by atoms with van der Waals surface area (Å²) < 4.78 is 3.18. The van der Waals surface area contributed by atoms with Gasteiger partial charge in [-0.05, 0) is 12.1 Å². The molecular formula is C13H11IN2. The topological polar surface area (TPSA) is 30.9 Å². The highest BCUT2D eigenvalue weighted by Crippen LogP contribution is 2.32. The van der Waals surface area contributed by atoms with Gasteiger partial charge in [-0.1, -0.05) is 52.9 Å². The molecule has 1 aromatic heterocycles. The largest absolute Gasteiger partial charge is 0.397 e. The number of nitrogens with two attached hydrogens (primary N) is 1. The smallest absolute Gasteiger partial charge is 0.0749 e. The SMILES string of the molecule is Nc1cccc2c3ccccc3n(CI)c12. The first-order valence-electron chi connectivity index (χ1n) is 5.14. The third kappa shape index (κ3) is 1.24. The van der Waals surface area contributed by atoms with Crippen molar-refractivity contribution in [1.29, 1.82) is 0 Å². The van der Waals surface area contributed by atoms with E-state index in [2.05, 4.69) is 57.5 Å². The van der Waals surface area contributed by atoms with E-state index in [4.69, 9.17) is 5.73 Å². The molecule has 3 aromatic rings. The van der Waals surface area contributed by atoms with E-state index in [1.165, 1.54) is 16.3 Å². The fourth-order valence-corrected chi connectivity index (χ4v) is 2.97. The van der Waals surface area contributed by atoms with Crippen molar-refractivity contribution in [3.8, 4) is 0 Å². The number of rotatable bonds is 1. The Kier molecular flexibility index (Phi) is 2.28. The number of nitrogen functional groups attached to an aromatic ring is 1. The van der Waals surface area contributed by atoms with Crippen LogP contribution in [0, 0.1) is 0 Å². The first kappa shape index (κ1) is 9.96. The van der Waals surface area contributed by atoms with Gasteiger partial charge in [0.15, 0.2) is 0 Å². The molecule has 1 heterocycles. The number of fused-ring (bicyclic) bond motifs is 3. The van der Waals surface area contributed by atoms with E-state index >= 15 is 0 Å². The summed E-state index contributed by atoms with van der Waals surface area (Å²) >= 11 is 2.37. The van der Waals surface area contributed by atoms with Crippen LogP contribution in [0.25, 0.3) is 21.8 Å². The monoisotopic (exact) mass is 322 g/mol. The van der Waals surface area contributed by atoms with Gasteiger partial charge in [0, 0.05) is 16.3 Å². The molecule has 0 bridgehead atoms. The zero-order chi connectivity index (χ0) is 11.1. The number of hydrogen-bond acceptors (Lipinski definition) is 1. The normalized spacial score (nSPS) is 11.3. The number of benzene rings is 2. The van der Waals surface area contributed by atoms with E-state index in [-0.39, 0.29) is 0 Å². The summed E-state index contributed by atoms with van der Waals surface area (Å²) in [6, 6.07) is 14.6. The van der Waals surface area contributed by atoms with Crippen LogP contribution in [-0.4, -0.2) is 4.57 Å². The van der Waals surface area contributed by atoms with Crippen LogP contribution in [0.5, 0.6) is 0 Å². The van der Waals surface area contributed by atoms with E-state index in [0.29, 0.717) is 0 Å². The average molecular weight is 322 g/mol. The van der Waals surface area contributed by atoms with Crippen molar-refractivity contribution in [2.75, 3.05) is 5.73 Å². The van der Waals surface area contributed by atoms with Crippen LogP contribution in [-0.2, 0) is 4.55 Å². The van der Waals surface area contributed by atoms with Crippen LogP contribution >= 0.6 is 22.6 Å². The fourth-order valence-electron chi connectivity index (χ4n) is 2.26. The zero-order valence-corrected chi connectivity index (χ0v) is 10.8. The molecular weight excluding hydrogens is 311 g/mol. The third-order valence-electron chi connectivity index (χ3n) is 2.94. The standard InChI is InChI=1S/C13H11IN2/c14-8-16-12-7-2-1-4-9(12)10-5-3-6-11(15)13(10)16/h1-7H,8,15H2. The third-order valence-corrected chi connectivity index (χ3v) is 3.62. The molecule has 2 aromatic carbocycles. The summed E-state index contributed by atoms with van der Waals surface area (Å²) in [4.78, 5) is 0. The predicted octanol–water partition coefficient (Wildman–Crippen LogP) is 3.77. The molecule has 2 N–H and O–H groups in total. The van der Waals surface area contributed by atoms with Gasteiger partial charge >= 0.3 is 0 Å². The summed E-state index contributed by atoms with van der Waals surface area (Å²) in [6.45, 7) is 0. The molecule has 0 unspecified atom stereocenters. The second kappa shape index (κ2) is 3.66. The van der Waals surface area contributed by atoms with Crippen molar-refractivity contribution in [1.82, 2.24) is 4.57 Å². The lowest BCUT2D eigenvalue weighted by atomic mass is 10.1. The van der Waals surface area contributed by atoms with Crippen molar-refractivity contribution in [3.05, 3.63) is 42.5 Å². The molecule has 0 saturated carbocycles. The Bertz CT molecular complexity index is 670. The van der Waals surface area contributed by atoms with Crippen molar-refractivity contribution in [2.45, 2.75) is 4.55 Å². The Morgan fingerprint density at radius 2 is 1.75 bits per heavy atom. The number of aromatic nitrogens is 1. The van der Waals surface area contributed by atoms with E-state index in [9.17, 15) is 0 Å². The maximum absolute atomic E-state index is 6.07. The second-order valence-electron chi connectivity index (χ2n) is 3.81. The Balaban J connectivity index is 2.64. The molecule has 16 heavy (non-hydrogen) atoms. The molecule has 80 valence electrons. The number of hydrogen-bond donors (Lipinski definition) is 1. The van der Waals surface area contributed by atoms with Gasteiger partial charge in [0.1, 0.15) is 0 Å². The van der Waals surface area contributed by atoms with Crippen molar-refractivity contribution in [2.24, 2.45) is 0 Å². The van der Waals surface area contributed by atoms with Gasteiger partial charge in [-0.15, -0.1) is 0 Å².